The van der Waals surface area contributed by atoms with Crippen molar-refractivity contribution in [3.8, 4) is 5.75 Å². The molecular weight excluding hydrogens is 466 g/mol. The van der Waals surface area contributed by atoms with Gasteiger partial charge in [0.05, 0.1) is 44.3 Å². The van der Waals surface area contributed by atoms with Crippen molar-refractivity contribution in [3.05, 3.63) is 81.3 Å². The number of rotatable bonds is 10. The standard InChI is InChI=1S/C26H27N3O7/c1-4-27(5-2)13-14-28-22(16-9-11-18(12-10-16)29(33)34)21(24(31)26(28)32)23(30)20-15-17-7-6-8-19(35-3)25(17)36-20/h6-12,15,22,31H,4-5,13-14H2,1-3H3. The van der Waals surface area contributed by atoms with Gasteiger partial charge in [-0.25, -0.2) is 0 Å². The molecule has 1 N–H and O–H groups in total. The van der Waals surface area contributed by atoms with Gasteiger partial charge in [0.15, 0.2) is 17.1 Å². The summed E-state index contributed by atoms with van der Waals surface area (Å²) in [5.74, 6) is -2.03. The van der Waals surface area contributed by atoms with Crippen molar-refractivity contribution < 1.29 is 33.7 Å². The fraction of sp³-hybridized carbons (Fsp3) is 0.308. The molecule has 1 unspecified atom stereocenters. The molecule has 10 heteroatoms. The molecule has 1 amide bonds. The molecule has 2 heterocycles. The number of hydrogen-bond acceptors (Lipinski definition) is 7. The van der Waals surface area contributed by atoms with Crippen LogP contribution in [0.15, 0.2) is 64.3 Å². The maximum atomic E-state index is 13.6. The predicted octanol–water partition coefficient (Wildman–Crippen LogP) is 1.65. The van der Waals surface area contributed by atoms with Crippen LogP contribution in [0.5, 0.6) is 5.75 Å². The van der Waals surface area contributed by atoms with Gasteiger partial charge < -0.3 is 24.1 Å². The number of quaternary nitrogens is 1. The Labute approximate surface area is 207 Å². The van der Waals surface area contributed by atoms with Gasteiger partial charge in [0, 0.05) is 23.1 Å². The third-order valence-electron chi connectivity index (χ3n) is 6.61. The number of carbonyl (C=O) groups is 2. The van der Waals surface area contributed by atoms with Crippen molar-refractivity contribution in [1.82, 2.24) is 4.90 Å². The summed E-state index contributed by atoms with van der Waals surface area (Å²) in [6, 6.07) is 11.3. The minimum Gasteiger partial charge on any atom is -0.868 e. The van der Waals surface area contributed by atoms with E-state index in [9.17, 15) is 24.8 Å². The number of nitrogens with zero attached hydrogens (tertiary/aromatic N) is 2. The Morgan fingerprint density at radius 3 is 2.47 bits per heavy atom. The van der Waals surface area contributed by atoms with E-state index in [1.807, 2.05) is 13.8 Å². The highest BCUT2D eigenvalue weighted by Gasteiger charge is 2.41. The Bertz CT molecular complexity index is 1340. The molecule has 0 spiro atoms. The highest BCUT2D eigenvalue weighted by Crippen LogP contribution is 2.39. The number of methoxy groups -OCH3 is 1. The fourth-order valence-corrected chi connectivity index (χ4v) is 4.55. The van der Waals surface area contributed by atoms with Crippen LogP contribution in [0, 0.1) is 10.1 Å². The van der Waals surface area contributed by atoms with Gasteiger partial charge in [-0.05, 0) is 49.4 Å². The Balaban J connectivity index is 1.77. The highest BCUT2D eigenvalue weighted by molar-refractivity contribution is 6.16. The molecule has 188 valence electrons. The number of Topliss-reactive ketones (excluding diaryl/α,β-unsaturated/α-hetero) is 1. The predicted molar refractivity (Wildman–Crippen MR) is 129 cm³/mol. The van der Waals surface area contributed by atoms with E-state index < -0.39 is 28.4 Å². The number of hydrogen-bond donors (Lipinski definition) is 1. The molecule has 10 nitrogen and oxygen atoms in total. The number of ketones is 1. The van der Waals surface area contributed by atoms with Gasteiger partial charge in [0.1, 0.15) is 0 Å². The van der Waals surface area contributed by atoms with E-state index in [-0.39, 0.29) is 23.6 Å². The molecule has 0 aliphatic carbocycles. The van der Waals surface area contributed by atoms with E-state index in [0.29, 0.717) is 28.8 Å². The lowest BCUT2D eigenvalue weighted by Crippen LogP contribution is -3.12. The van der Waals surface area contributed by atoms with Gasteiger partial charge in [-0.15, -0.1) is 0 Å². The van der Waals surface area contributed by atoms with Gasteiger partial charge in [-0.3, -0.25) is 19.7 Å². The third kappa shape index (κ3) is 4.42. The van der Waals surface area contributed by atoms with Gasteiger partial charge in [-0.2, -0.15) is 0 Å². The number of nitro benzene ring substituents is 1. The first-order chi connectivity index (χ1) is 17.3. The van der Waals surface area contributed by atoms with E-state index >= 15 is 0 Å². The first-order valence-corrected chi connectivity index (χ1v) is 11.7. The number of ether oxygens (including phenoxy) is 1. The largest absolute Gasteiger partial charge is 0.868 e. The van der Waals surface area contributed by atoms with Crippen LogP contribution in [0.25, 0.3) is 11.0 Å². The van der Waals surface area contributed by atoms with Crippen LogP contribution in [0.1, 0.15) is 36.0 Å². The molecule has 1 atom stereocenters. The van der Waals surface area contributed by atoms with Crippen molar-refractivity contribution in [2.75, 3.05) is 33.3 Å². The summed E-state index contributed by atoms with van der Waals surface area (Å²) >= 11 is 0. The van der Waals surface area contributed by atoms with Crippen molar-refractivity contribution in [1.29, 1.82) is 0 Å². The second kappa shape index (κ2) is 10.2. The Kier molecular flexibility index (Phi) is 7.07. The molecule has 1 aliphatic heterocycles. The molecule has 0 saturated carbocycles. The van der Waals surface area contributed by atoms with Crippen LogP contribution < -0.4 is 14.7 Å². The molecule has 4 rings (SSSR count). The number of furan rings is 1. The summed E-state index contributed by atoms with van der Waals surface area (Å²) in [5, 5.41) is 24.9. The maximum Gasteiger partial charge on any atom is 0.269 e. The number of para-hydroxylation sites is 1. The zero-order valence-corrected chi connectivity index (χ0v) is 20.3. The van der Waals surface area contributed by atoms with Gasteiger partial charge in [-0.1, -0.05) is 12.1 Å². The normalized spacial score (nSPS) is 15.8. The SMILES string of the molecule is CC[NH+](CC)CCN1C(=O)C([O-])=C(C(=O)c2cc3cccc(OC)c3o2)C1c1ccc([N+](=O)[O-])cc1. The molecule has 36 heavy (non-hydrogen) atoms. The second-order valence-corrected chi connectivity index (χ2v) is 8.52. The lowest BCUT2D eigenvalue weighted by atomic mass is 9.95. The smallest absolute Gasteiger partial charge is 0.269 e. The van der Waals surface area contributed by atoms with Crippen LogP contribution in [-0.2, 0) is 4.79 Å². The van der Waals surface area contributed by atoms with Gasteiger partial charge in [0.25, 0.3) is 5.69 Å². The number of carbonyl (C=O) groups excluding carboxylic acids is 2. The van der Waals surface area contributed by atoms with Crippen LogP contribution in [0.3, 0.4) is 0 Å². The summed E-state index contributed by atoms with van der Waals surface area (Å²) in [6.45, 7) is 6.56. The lowest BCUT2D eigenvalue weighted by Gasteiger charge is -2.28. The summed E-state index contributed by atoms with van der Waals surface area (Å²) < 4.78 is 11.1. The van der Waals surface area contributed by atoms with Gasteiger partial charge in [0.2, 0.25) is 11.7 Å². The Morgan fingerprint density at radius 1 is 1.17 bits per heavy atom. The zero-order chi connectivity index (χ0) is 26.0. The Hall–Kier alpha value is -4.18. The van der Waals surface area contributed by atoms with Crippen LogP contribution >= 0.6 is 0 Å². The van der Waals surface area contributed by atoms with Crippen molar-refractivity contribution >= 4 is 28.3 Å². The van der Waals surface area contributed by atoms with Crippen molar-refractivity contribution in [2.24, 2.45) is 0 Å². The molecule has 1 aliphatic rings. The summed E-state index contributed by atoms with van der Waals surface area (Å²) in [7, 11) is 1.48. The number of amides is 1. The molecular formula is C26H27N3O7. The number of non-ortho nitro benzene ring substituents is 1. The fourth-order valence-electron chi connectivity index (χ4n) is 4.55. The van der Waals surface area contributed by atoms with E-state index in [4.69, 9.17) is 9.15 Å². The molecule has 3 aromatic rings. The van der Waals surface area contributed by atoms with Crippen LogP contribution in [-0.4, -0.2) is 54.8 Å². The number of benzene rings is 2. The molecule has 2 aromatic carbocycles. The van der Waals surface area contributed by atoms with E-state index in [2.05, 4.69) is 0 Å². The minimum absolute atomic E-state index is 0.0891. The number of nitro groups is 1. The number of fused-ring (bicyclic) bond motifs is 1. The summed E-state index contributed by atoms with van der Waals surface area (Å²) in [5.41, 5.74) is 0.424. The molecule has 1 aromatic heterocycles. The molecule has 0 radical (unpaired) electrons. The number of likely N-dealkylation sites (N-methyl/N-ethyl adjacent to an activating group) is 1. The average Bonchev–Trinajstić information content (AvgIpc) is 3.43. The molecule has 0 saturated heterocycles. The second-order valence-electron chi connectivity index (χ2n) is 8.52. The Morgan fingerprint density at radius 2 is 1.86 bits per heavy atom. The third-order valence-corrected chi connectivity index (χ3v) is 6.61. The minimum atomic E-state index is -0.983. The first-order valence-electron chi connectivity index (χ1n) is 11.7. The lowest BCUT2D eigenvalue weighted by molar-refractivity contribution is -0.895. The zero-order valence-electron chi connectivity index (χ0n) is 20.3. The van der Waals surface area contributed by atoms with E-state index in [1.54, 1.807) is 18.2 Å². The molecule has 0 fully saturated rings. The topological polar surface area (TPSA) is 130 Å². The van der Waals surface area contributed by atoms with Crippen molar-refractivity contribution in [2.45, 2.75) is 19.9 Å². The summed E-state index contributed by atoms with van der Waals surface area (Å²) in [6.07, 6.45) is 0. The number of nitrogens with one attached hydrogen (secondary N) is 1. The molecule has 0 bridgehead atoms. The quantitative estimate of drug-likeness (QED) is 0.258. The highest BCUT2D eigenvalue weighted by atomic mass is 16.6. The average molecular weight is 494 g/mol. The maximum absolute atomic E-state index is 13.6. The van der Waals surface area contributed by atoms with E-state index in [0.717, 1.165) is 13.1 Å². The van der Waals surface area contributed by atoms with Crippen LogP contribution in [0.4, 0.5) is 5.69 Å². The van der Waals surface area contributed by atoms with E-state index in [1.165, 1.54) is 47.2 Å². The van der Waals surface area contributed by atoms with Crippen LogP contribution in [0.2, 0.25) is 0 Å². The monoisotopic (exact) mass is 493 g/mol. The summed E-state index contributed by atoms with van der Waals surface area (Å²) in [4.78, 5) is 40.0. The first kappa shape index (κ1) is 24.9. The van der Waals surface area contributed by atoms with Gasteiger partial charge >= 0.3 is 0 Å². The van der Waals surface area contributed by atoms with Crippen molar-refractivity contribution in [3.63, 3.8) is 0 Å².